The van der Waals surface area contributed by atoms with E-state index in [9.17, 15) is 19.2 Å². The lowest BCUT2D eigenvalue weighted by Crippen LogP contribution is -2.50. The van der Waals surface area contributed by atoms with Gasteiger partial charge in [0.25, 0.3) is 0 Å². The van der Waals surface area contributed by atoms with Gasteiger partial charge in [-0.15, -0.1) is 0 Å². The lowest BCUT2D eigenvalue weighted by Gasteiger charge is -2.37. The SMILES string of the molecule is O=C(Nc1ccc(-c2cc3cc(NC(=O)[C@@H]4CCCN4C(=O)[C@@H](c4ccccc4)N4CCOCC4)ccc3[nH]2)cc1)[C@@H]1CCCN1C(=O)Cc1ccccc1. The van der Waals surface area contributed by atoms with Crippen LogP contribution in [0.3, 0.4) is 0 Å². The second-order valence-electron chi connectivity index (χ2n) is 14.6. The summed E-state index contributed by atoms with van der Waals surface area (Å²) in [6, 6.07) is 33.3. The predicted octanol–water partition coefficient (Wildman–Crippen LogP) is 6.01. The molecule has 8 rings (SSSR count). The molecule has 3 saturated heterocycles. The van der Waals surface area contributed by atoms with Gasteiger partial charge in [0.1, 0.15) is 18.1 Å². The van der Waals surface area contributed by atoms with Gasteiger partial charge in [-0.05, 0) is 78.8 Å². The van der Waals surface area contributed by atoms with E-state index in [0.717, 1.165) is 46.1 Å². The van der Waals surface area contributed by atoms with E-state index < -0.39 is 18.1 Å². The third-order valence-corrected chi connectivity index (χ3v) is 11.0. The lowest BCUT2D eigenvalue weighted by atomic mass is 10.0. The number of ether oxygens (including phenoxy) is 1. The van der Waals surface area contributed by atoms with Crippen LogP contribution >= 0.6 is 0 Å². The van der Waals surface area contributed by atoms with Gasteiger partial charge in [0, 0.05) is 54.2 Å². The molecule has 282 valence electrons. The molecule has 11 heteroatoms. The lowest BCUT2D eigenvalue weighted by molar-refractivity contribution is -0.143. The van der Waals surface area contributed by atoms with Crippen molar-refractivity contribution in [2.45, 2.75) is 50.2 Å². The molecule has 4 aromatic carbocycles. The smallest absolute Gasteiger partial charge is 0.247 e. The Morgan fingerprint density at radius 2 is 1.31 bits per heavy atom. The van der Waals surface area contributed by atoms with Crippen molar-refractivity contribution in [3.05, 3.63) is 120 Å². The highest BCUT2D eigenvalue weighted by Crippen LogP contribution is 2.31. The Balaban J connectivity index is 0.905. The monoisotopic (exact) mass is 738 g/mol. The summed E-state index contributed by atoms with van der Waals surface area (Å²) in [5.74, 6) is -0.442. The van der Waals surface area contributed by atoms with Crippen molar-refractivity contribution in [2.75, 3.05) is 50.0 Å². The fraction of sp³-hybridized carbons (Fsp3) is 0.318. The average molecular weight is 739 g/mol. The molecule has 0 spiro atoms. The average Bonchev–Trinajstić information content (AvgIpc) is 4.00. The van der Waals surface area contributed by atoms with Gasteiger partial charge >= 0.3 is 0 Å². The zero-order valence-electron chi connectivity index (χ0n) is 30.8. The highest BCUT2D eigenvalue weighted by molar-refractivity contribution is 6.01. The maximum atomic E-state index is 14.2. The standard InChI is InChI=1S/C44H46N6O5/c51-40(27-30-9-3-1-4-10-30)49-21-7-13-38(49)42(52)45-34-17-15-31(16-18-34)37-29-33-28-35(19-20-36(33)47-37)46-43(53)39-14-8-22-50(39)44(54)41(32-11-5-2-6-12-32)48-23-25-55-26-24-48/h1-6,9-12,15-20,28-29,38-39,41,47H,7-8,13-14,21-27H2,(H,45,52)(H,46,53)/t38-,39-,41+/m0/s1. The van der Waals surface area contributed by atoms with Crippen molar-refractivity contribution in [1.82, 2.24) is 19.7 Å². The van der Waals surface area contributed by atoms with Crippen molar-refractivity contribution in [2.24, 2.45) is 0 Å². The van der Waals surface area contributed by atoms with E-state index in [1.807, 2.05) is 109 Å². The summed E-state index contributed by atoms with van der Waals surface area (Å²) in [5, 5.41) is 7.04. The van der Waals surface area contributed by atoms with Gasteiger partial charge in [0.15, 0.2) is 0 Å². The molecule has 4 heterocycles. The van der Waals surface area contributed by atoms with Crippen molar-refractivity contribution in [1.29, 1.82) is 0 Å². The second-order valence-corrected chi connectivity index (χ2v) is 14.6. The van der Waals surface area contributed by atoms with Crippen LogP contribution < -0.4 is 10.6 Å². The predicted molar refractivity (Wildman–Crippen MR) is 212 cm³/mol. The van der Waals surface area contributed by atoms with E-state index in [1.165, 1.54) is 0 Å². The summed E-state index contributed by atoms with van der Waals surface area (Å²) in [7, 11) is 0. The zero-order valence-corrected chi connectivity index (χ0v) is 30.8. The maximum Gasteiger partial charge on any atom is 0.247 e. The molecule has 55 heavy (non-hydrogen) atoms. The number of aromatic nitrogens is 1. The minimum Gasteiger partial charge on any atom is -0.379 e. The number of morpholine rings is 1. The molecule has 3 fully saturated rings. The fourth-order valence-corrected chi connectivity index (χ4v) is 8.20. The number of nitrogens with zero attached hydrogens (tertiary/aromatic N) is 3. The van der Waals surface area contributed by atoms with Gasteiger partial charge in [0.05, 0.1) is 19.6 Å². The molecular formula is C44H46N6O5. The summed E-state index contributed by atoms with van der Waals surface area (Å²) in [5.41, 5.74) is 5.94. The van der Waals surface area contributed by atoms with Crippen LogP contribution in [0.1, 0.15) is 42.9 Å². The minimum absolute atomic E-state index is 0.0344. The number of amides is 4. The van der Waals surface area contributed by atoms with Gasteiger partial charge in [-0.1, -0.05) is 72.8 Å². The number of hydrogen-bond donors (Lipinski definition) is 3. The molecule has 0 bridgehead atoms. The van der Waals surface area contributed by atoms with Crippen LogP contribution in [0.2, 0.25) is 0 Å². The molecule has 5 aromatic rings. The molecule has 4 amide bonds. The van der Waals surface area contributed by atoms with Crippen molar-refractivity contribution < 1.29 is 23.9 Å². The number of anilines is 2. The Labute approximate surface area is 320 Å². The van der Waals surface area contributed by atoms with E-state index >= 15 is 0 Å². The number of H-pyrrole nitrogens is 1. The fourth-order valence-electron chi connectivity index (χ4n) is 8.20. The molecule has 3 aliphatic heterocycles. The van der Waals surface area contributed by atoms with E-state index in [0.29, 0.717) is 63.6 Å². The maximum absolute atomic E-state index is 14.2. The molecule has 3 aliphatic rings. The number of likely N-dealkylation sites (tertiary alicyclic amines) is 2. The van der Waals surface area contributed by atoms with Gasteiger partial charge < -0.3 is 30.2 Å². The summed E-state index contributed by atoms with van der Waals surface area (Å²) < 4.78 is 5.57. The molecule has 1 aromatic heterocycles. The van der Waals surface area contributed by atoms with E-state index in [4.69, 9.17) is 4.74 Å². The molecule has 3 N–H and O–H groups in total. The number of carbonyl (C=O) groups excluding carboxylic acids is 4. The van der Waals surface area contributed by atoms with Crippen LogP contribution in [-0.2, 0) is 30.3 Å². The van der Waals surface area contributed by atoms with Gasteiger partial charge in [0.2, 0.25) is 23.6 Å². The van der Waals surface area contributed by atoms with Crippen LogP contribution in [0.5, 0.6) is 0 Å². The van der Waals surface area contributed by atoms with Crippen molar-refractivity contribution in [3.63, 3.8) is 0 Å². The second kappa shape index (κ2) is 16.3. The number of benzene rings is 4. The number of aromatic amines is 1. The first-order valence-corrected chi connectivity index (χ1v) is 19.3. The van der Waals surface area contributed by atoms with Crippen LogP contribution in [0.25, 0.3) is 22.2 Å². The Morgan fingerprint density at radius 1 is 0.691 bits per heavy atom. The van der Waals surface area contributed by atoms with E-state index in [-0.39, 0.29) is 30.0 Å². The molecule has 0 saturated carbocycles. The molecule has 0 unspecified atom stereocenters. The highest BCUT2D eigenvalue weighted by Gasteiger charge is 2.40. The molecule has 0 aliphatic carbocycles. The summed E-state index contributed by atoms with van der Waals surface area (Å²) in [4.78, 5) is 63.4. The van der Waals surface area contributed by atoms with Crippen LogP contribution in [0.4, 0.5) is 11.4 Å². The molecule has 0 radical (unpaired) electrons. The third-order valence-electron chi connectivity index (χ3n) is 11.0. The minimum atomic E-state index is -0.553. The van der Waals surface area contributed by atoms with Crippen molar-refractivity contribution in [3.8, 4) is 11.3 Å². The van der Waals surface area contributed by atoms with Crippen LogP contribution in [-0.4, -0.2) is 94.8 Å². The van der Waals surface area contributed by atoms with E-state index in [1.54, 1.807) is 9.80 Å². The molecule has 3 atom stereocenters. The first kappa shape index (κ1) is 36.2. The Morgan fingerprint density at radius 3 is 2.02 bits per heavy atom. The Bertz CT molecular complexity index is 2150. The van der Waals surface area contributed by atoms with Gasteiger partial charge in [-0.2, -0.15) is 0 Å². The zero-order chi connectivity index (χ0) is 37.7. The Kier molecular flexibility index (Phi) is 10.7. The van der Waals surface area contributed by atoms with E-state index in [2.05, 4.69) is 20.5 Å². The van der Waals surface area contributed by atoms with Crippen LogP contribution in [0.15, 0.2) is 109 Å². The van der Waals surface area contributed by atoms with Gasteiger partial charge in [-0.3, -0.25) is 24.1 Å². The molecular weight excluding hydrogens is 693 g/mol. The Hall–Kier alpha value is -5.78. The summed E-state index contributed by atoms with van der Waals surface area (Å²) in [6.07, 6.45) is 3.10. The number of nitrogens with one attached hydrogen (secondary N) is 3. The number of rotatable bonds is 10. The third kappa shape index (κ3) is 8.04. The largest absolute Gasteiger partial charge is 0.379 e. The summed E-state index contributed by atoms with van der Waals surface area (Å²) in [6.45, 7) is 3.60. The highest BCUT2D eigenvalue weighted by atomic mass is 16.5. The molecule has 11 nitrogen and oxygen atoms in total. The first-order chi connectivity index (χ1) is 26.9. The number of hydrogen-bond acceptors (Lipinski definition) is 6. The number of carbonyl (C=O) groups is 4. The van der Waals surface area contributed by atoms with Crippen LogP contribution in [0, 0.1) is 0 Å². The number of fused-ring (bicyclic) bond motifs is 1. The summed E-state index contributed by atoms with van der Waals surface area (Å²) >= 11 is 0. The van der Waals surface area contributed by atoms with Gasteiger partial charge in [-0.25, -0.2) is 0 Å². The quantitative estimate of drug-likeness (QED) is 0.161. The topological polar surface area (TPSA) is 127 Å². The first-order valence-electron chi connectivity index (χ1n) is 19.3. The normalized spacial score (nSPS) is 19.3. The van der Waals surface area contributed by atoms with Crippen molar-refractivity contribution >= 4 is 45.9 Å².